The van der Waals surface area contributed by atoms with Crippen LogP contribution in [0.1, 0.15) is 29.8 Å². The third kappa shape index (κ3) is 4.20. The molecule has 2 N–H and O–H groups in total. The Balaban J connectivity index is 1.60. The van der Waals surface area contributed by atoms with Crippen molar-refractivity contribution in [3.05, 3.63) is 53.1 Å². The second-order valence-electron chi connectivity index (χ2n) is 6.41. The van der Waals surface area contributed by atoms with Crippen molar-refractivity contribution < 1.29 is 13.9 Å². The maximum absolute atomic E-state index is 13.1. The molecule has 0 aliphatic carbocycles. The van der Waals surface area contributed by atoms with E-state index in [4.69, 9.17) is 4.74 Å². The number of carbonyl (C=O) groups is 1. The Morgan fingerprint density at radius 3 is 2.72 bits per heavy atom. The van der Waals surface area contributed by atoms with Crippen LogP contribution in [0.4, 0.5) is 9.18 Å². The second-order valence-corrected chi connectivity index (χ2v) is 6.41. The molecule has 1 aliphatic heterocycles. The molecule has 0 spiro atoms. The van der Waals surface area contributed by atoms with E-state index in [2.05, 4.69) is 15.2 Å². The lowest BCUT2D eigenvalue weighted by atomic mass is 10.2. The molecule has 2 aromatic rings. The minimum absolute atomic E-state index is 0.134. The van der Waals surface area contributed by atoms with Crippen LogP contribution in [-0.4, -0.2) is 29.9 Å². The smallest absolute Gasteiger partial charge is 0.315 e. The molecule has 1 aliphatic rings. The molecule has 2 amide bonds. The molecule has 2 heterocycles. The van der Waals surface area contributed by atoms with Gasteiger partial charge in [0.2, 0.25) is 0 Å². The van der Waals surface area contributed by atoms with E-state index in [0.29, 0.717) is 13.1 Å². The van der Waals surface area contributed by atoms with Crippen LogP contribution in [0, 0.1) is 19.7 Å². The number of rotatable bonds is 5. The standard InChI is InChI=1S/C19H24FN3O2/c1-13-10-15(11-21-19(24)22-12-18-4-3-9-25-18)14(2)23(13)17-7-5-16(20)6-8-17/h5-8,10,18H,3-4,9,11-12H2,1-2H3,(H2,21,22,24)/t18-/m0/s1. The number of ether oxygens (including phenoxy) is 1. The van der Waals surface area contributed by atoms with Gasteiger partial charge in [0.05, 0.1) is 6.10 Å². The van der Waals surface area contributed by atoms with Crippen molar-refractivity contribution in [1.82, 2.24) is 15.2 Å². The molecule has 0 bridgehead atoms. The maximum atomic E-state index is 13.1. The molecule has 3 rings (SSSR count). The van der Waals surface area contributed by atoms with Crippen LogP contribution in [0.2, 0.25) is 0 Å². The molecule has 1 aromatic carbocycles. The summed E-state index contributed by atoms with van der Waals surface area (Å²) >= 11 is 0. The number of nitrogens with one attached hydrogen (secondary N) is 2. The summed E-state index contributed by atoms with van der Waals surface area (Å²) in [5, 5.41) is 5.74. The molecule has 6 heteroatoms. The van der Waals surface area contributed by atoms with Gasteiger partial charge in [0.15, 0.2) is 0 Å². The summed E-state index contributed by atoms with van der Waals surface area (Å²) < 4.78 is 20.7. The Bertz CT molecular complexity index is 734. The van der Waals surface area contributed by atoms with Crippen molar-refractivity contribution >= 4 is 6.03 Å². The van der Waals surface area contributed by atoms with Crippen molar-refractivity contribution in [2.75, 3.05) is 13.2 Å². The van der Waals surface area contributed by atoms with Crippen LogP contribution in [-0.2, 0) is 11.3 Å². The topological polar surface area (TPSA) is 55.3 Å². The van der Waals surface area contributed by atoms with E-state index in [9.17, 15) is 9.18 Å². The van der Waals surface area contributed by atoms with Gasteiger partial charge in [-0.15, -0.1) is 0 Å². The number of hydrogen-bond acceptors (Lipinski definition) is 2. The second kappa shape index (κ2) is 7.70. The summed E-state index contributed by atoms with van der Waals surface area (Å²) in [6.45, 7) is 5.76. The van der Waals surface area contributed by atoms with E-state index in [1.807, 2.05) is 19.9 Å². The summed E-state index contributed by atoms with van der Waals surface area (Å²) in [5.41, 5.74) is 4.02. The van der Waals surface area contributed by atoms with E-state index in [1.165, 1.54) is 12.1 Å². The monoisotopic (exact) mass is 345 g/mol. The fraction of sp³-hybridized carbons (Fsp3) is 0.421. The highest BCUT2D eigenvalue weighted by molar-refractivity contribution is 5.73. The van der Waals surface area contributed by atoms with Gasteiger partial charge < -0.3 is 19.9 Å². The molecule has 1 atom stereocenters. The van der Waals surface area contributed by atoms with Gasteiger partial charge >= 0.3 is 6.03 Å². The fourth-order valence-corrected chi connectivity index (χ4v) is 3.25. The minimum atomic E-state index is -0.254. The fourth-order valence-electron chi connectivity index (χ4n) is 3.25. The van der Waals surface area contributed by atoms with E-state index in [0.717, 1.165) is 42.1 Å². The predicted octanol–water partition coefficient (Wildman–Crippen LogP) is 3.21. The zero-order valence-corrected chi connectivity index (χ0v) is 14.6. The highest BCUT2D eigenvalue weighted by Crippen LogP contribution is 2.21. The Hall–Kier alpha value is -2.34. The number of carbonyl (C=O) groups excluding carboxylic acids is 1. The van der Waals surface area contributed by atoms with E-state index < -0.39 is 0 Å². The zero-order valence-electron chi connectivity index (χ0n) is 14.6. The predicted molar refractivity (Wildman–Crippen MR) is 94.4 cm³/mol. The molecule has 0 unspecified atom stereocenters. The van der Waals surface area contributed by atoms with Crippen molar-refractivity contribution in [3.8, 4) is 5.69 Å². The maximum Gasteiger partial charge on any atom is 0.315 e. The largest absolute Gasteiger partial charge is 0.376 e. The normalized spacial score (nSPS) is 16.8. The van der Waals surface area contributed by atoms with Crippen LogP contribution in [0.5, 0.6) is 0 Å². The van der Waals surface area contributed by atoms with Gasteiger partial charge in [-0.3, -0.25) is 0 Å². The van der Waals surface area contributed by atoms with Gasteiger partial charge in [0.1, 0.15) is 5.82 Å². The molecule has 25 heavy (non-hydrogen) atoms. The summed E-state index contributed by atoms with van der Waals surface area (Å²) in [7, 11) is 0. The zero-order chi connectivity index (χ0) is 17.8. The molecular weight excluding hydrogens is 321 g/mol. The summed E-state index contributed by atoms with van der Waals surface area (Å²) in [6, 6.07) is 8.25. The third-order valence-electron chi connectivity index (χ3n) is 4.57. The van der Waals surface area contributed by atoms with Crippen molar-refractivity contribution in [3.63, 3.8) is 0 Å². The number of halogens is 1. The van der Waals surface area contributed by atoms with Gasteiger partial charge in [-0.2, -0.15) is 0 Å². The number of nitrogens with zero attached hydrogens (tertiary/aromatic N) is 1. The average Bonchev–Trinajstić information content (AvgIpc) is 3.20. The number of urea groups is 1. The number of aryl methyl sites for hydroxylation is 1. The molecule has 0 saturated carbocycles. The highest BCUT2D eigenvalue weighted by atomic mass is 19.1. The van der Waals surface area contributed by atoms with Gasteiger partial charge in [0, 0.05) is 36.8 Å². The lowest BCUT2D eigenvalue weighted by Crippen LogP contribution is -2.39. The molecule has 1 aromatic heterocycles. The number of hydrogen-bond donors (Lipinski definition) is 2. The Kier molecular flexibility index (Phi) is 5.38. The molecule has 1 saturated heterocycles. The van der Waals surface area contributed by atoms with Crippen molar-refractivity contribution in [2.24, 2.45) is 0 Å². The molecule has 0 radical (unpaired) electrons. The highest BCUT2D eigenvalue weighted by Gasteiger charge is 2.16. The lowest BCUT2D eigenvalue weighted by Gasteiger charge is -2.12. The Morgan fingerprint density at radius 1 is 1.28 bits per heavy atom. The van der Waals surface area contributed by atoms with E-state index >= 15 is 0 Å². The lowest BCUT2D eigenvalue weighted by molar-refractivity contribution is 0.111. The molecule has 1 fully saturated rings. The summed E-state index contributed by atoms with van der Waals surface area (Å²) in [4.78, 5) is 12.0. The van der Waals surface area contributed by atoms with Crippen LogP contribution < -0.4 is 10.6 Å². The molecular formula is C19H24FN3O2. The van der Waals surface area contributed by atoms with Gasteiger partial charge in [-0.05, 0) is 62.6 Å². The quantitative estimate of drug-likeness (QED) is 0.874. The Labute approximate surface area is 147 Å². The average molecular weight is 345 g/mol. The van der Waals surface area contributed by atoms with E-state index in [1.54, 1.807) is 12.1 Å². The third-order valence-corrected chi connectivity index (χ3v) is 4.57. The molecule has 5 nitrogen and oxygen atoms in total. The van der Waals surface area contributed by atoms with Crippen molar-refractivity contribution in [1.29, 1.82) is 0 Å². The summed E-state index contributed by atoms with van der Waals surface area (Å²) in [5.74, 6) is -0.254. The van der Waals surface area contributed by atoms with E-state index in [-0.39, 0.29) is 18.0 Å². The van der Waals surface area contributed by atoms with Gasteiger partial charge in [0.25, 0.3) is 0 Å². The Morgan fingerprint density at radius 2 is 2.04 bits per heavy atom. The molecule has 134 valence electrons. The first-order valence-electron chi connectivity index (χ1n) is 8.61. The van der Waals surface area contributed by atoms with Crippen LogP contribution in [0.15, 0.2) is 30.3 Å². The minimum Gasteiger partial charge on any atom is -0.376 e. The van der Waals surface area contributed by atoms with Gasteiger partial charge in [-0.25, -0.2) is 9.18 Å². The van der Waals surface area contributed by atoms with Crippen LogP contribution in [0.3, 0.4) is 0 Å². The number of aromatic nitrogens is 1. The van der Waals surface area contributed by atoms with Crippen molar-refractivity contribution in [2.45, 2.75) is 39.3 Å². The first-order valence-corrected chi connectivity index (χ1v) is 8.61. The number of benzene rings is 1. The van der Waals surface area contributed by atoms with Gasteiger partial charge in [-0.1, -0.05) is 0 Å². The number of amides is 2. The SMILES string of the molecule is Cc1cc(CNC(=O)NC[C@@H]2CCCO2)c(C)n1-c1ccc(F)cc1. The van der Waals surface area contributed by atoms with Crippen LogP contribution >= 0.6 is 0 Å². The first-order chi connectivity index (χ1) is 12.0. The van der Waals surface area contributed by atoms with Crippen LogP contribution in [0.25, 0.3) is 5.69 Å². The summed E-state index contributed by atoms with van der Waals surface area (Å²) in [6.07, 6.45) is 2.19. The first kappa shape index (κ1) is 17.5.